The molecule has 5 nitrogen and oxygen atoms in total. The number of ether oxygens (including phenoxy) is 1. The van der Waals surface area contributed by atoms with E-state index in [1.807, 2.05) is 4.90 Å². The van der Waals surface area contributed by atoms with Crippen LogP contribution < -0.4 is 10.6 Å². The molecule has 0 radical (unpaired) electrons. The van der Waals surface area contributed by atoms with Crippen LogP contribution in [0.1, 0.15) is 6.92 Å². The van der Waals surface area contributed by atoms with Crippen molar-refractivity contribution < 1.29 is 9.53 Å². The number of rotatable bonds is 1. The highest BCUT2D eigenvalue weighted by atomic mass is 35.5. The second-order valence-corrected chi connectivity index (χ2v) is 4.20. The highest BCUT2D eigenvalue weighted by molar-refractivity contribution is 5.85. The summed E-state index contributed by atoms with van der Waals surface area (Å²) >= 11 is 0. The van der Waals surface area contributed by atoms with Crippen molar-refractivity contribution >= 4 is 30.7 Å². The summed E-state index contributed by atoms with van der Waals surface area (Å²) < 4.78 is 5.45. The van der Waals surface area contributed by atoms with Gasteiger partial charge in [-0.05, 0) is 6.92 Å². The van der Waals surface area contributed by atoms with Crippen LogP contribution in [0.25, 0.3) is 0 Å². The summed E-state index contributed by atoms with van der Waals surface area (Å²) in [5.74, 6) is 0.135. The average Bonchev–Trinajstić information content (AvgIpc) is 2.29. The van der Waals surface area contributed by atoms with Crippen LogP contribution in [-0.2, 0) is 9.53 Å². The fourth-order valence-corrected chi connectivity index (χ4v) is 2.06. The number of piperazine rings is 1. The van der Waals surface area contributed by atoms with E-state index in [4.69, 9.17) is 4.74 Å². The van der Waals surface area contributed by atoms with Crippen molar-refractivity contribution in [2.24, 2.45) is 0 Å². The van der Waals surface area contributed by atoms with Gasteiger partial charge in [-0.25, -0.2) is 0 Å². The highest BCUT2D eigenvalue weighted by Gasteiger charge is 2.28. The molecule has 0 saturated carbocycles. The minimum absolute atomic E-state index is 0. The number of morpholine rings is 1. The van der Waals surface area contributed by atoms with E-state index in [1.54, 1.807) is 0 Å². The summed E-state index contributed by atoms with van der Waals surface area (Å²) in [7, 11) is 0. The SMILES string of the molecule is C[C@@H]1CN(C(=O)[C@H]2CNCCO2)CCN1.Cl.Cl. The number of amides is 1. The molecule has 0 bridgehead atoms. The Balaban J connectivity index is 0.00000128. The molecule has 0 spiro atoms. The Bertz CT molecular complexity index is 238. The van der Waals surface area contributed by atoms with E-state index in [9.17, 15) is 4.79 Å². The van der Waals surface area contributed by atoms with Gasteiger partial charge in [-0.15, -0.1) is 24.8 Å². The molecule has 0 aliphatic carbocycles. The maximum atomic E-state index is 12.0. The van der Waals surface area contributed by atoms with Crippen LogP contribution >= 0.6 is 24.8 Å². The first-order chi connectivity index (χ1) is 7.27. The zero-order valence-electron chi connectivity index (χ0n) is 9.98. The van der Waals surface area contributed by atoms with Gasteiger partial charge < -0.3 is 20.3 Å². The van der Waals surface area contributed by atoms with E-state index in [0.717, 1.165) is 26.2 Å². The van der Waals surface area contributed by atoms with Gasteiger partial charge >= 0.3 is 0 Å². The molecule has 2 aliphatic rings. The van der Waals surface area contributed by atoms with Gasteiger partial charge in [0.05, 0.1) is 6.61 Å². The molecule has 0 unspecified atom stereocenters. The molecular formula is C10H21Cl2N3O2. The Morgan fingerprint density at radius 3 is 2.71 bits per heavy atom. The molecule has 2 heterocycles. The van der Waals surface area contributed by atoms with Crippen molar-refractivity contribution in [1.29, 1.82) is 0 Å². The van der Waals surface area contributed by atoms with E-state index in [-0.39, 0.29) is 36.8 Å². The van der Waals surface area contributed by atoms with E-state index < -0.39 is 0 Å². The summed E-state index contributed by atoms with van der Waals surface area (Å²) in [6.45, 7) is 6.70. The Morgan fingerprint density at radius 1 is 1.35 bits per heavy atom. The number of nitrogens with one attached hydrogen (secondary N) is 2. The number of hydrogen-bond donors (Lipinski definition) is 2. The summed E-state index contributed by atoms with van der Waals surface area (Å²) in [5, 5.41) is 6.50. The van der Waals surface area contributed by atoms with Crippen molar-refractivity contribution in [3.63, 3.8) is 0 Å². The second kappa shape index (κ2) is 8.11. The lowest BCUT2D eigenvalue weighted by molar-refractivity contribution is -0.146. The molecule has 2 N–H and O–H groups in total. The topological polar surface area (TPSA) is 53.6 Å². The fourth-order valence-electron chi connectivity index (χ4n) is 2.06. The summed E-state index contributed by atoms with van der Waals surface area (Å²) in [6.07, 6.45) is -0.274. The van der Waals surface area contributed by atoms with Crippen molar-refractivity contribution in [2.45, 2.75) is 19.1 Å². The number of hydrogen-bond acceptors (Lipinski definition) is 4. The van der Waals surface area contributed by atoms with Crippen molar-refractivity contribution in [3.05, 3.63) is 0 Å². The van der Waals surface area contributed by atoms with Crippen molar-refractivity contribution in [3.8, 4) is 0 Å². The molecule has 0 aromatic rings. The van der Waals surface area contributed by atoms with Crippen LogP contribution in [0.2, 0.25) is 0 Å². The highest BCUT2D eigenvalue weighted by Crippen LogP contribution is 2.05. The minimum Gasteiger partial charge on any atom is -0.366 e. The van der Waals surface area contributed by atoms with E-state index >= 15 is 0 Å². The first-order valence-electron chi connectivity index (χ1n) is 5.62. The van der Waals surface area contributed by atoms with Crippen LogP contribution in [0.15, 0.2) is 0 Å². The molecule has 7 heteroatoms. The second-order valence-electron chi connectivity index (χ2n) is 4.20. The van der Waals surface area contributed by atoms with E-state index in [0.29, 0.717) is 19.2 Å². The molecule has 2 aliphatic heterocycles. The number of halogens is 2. The maximum Gasteiger partial charge on any atom is 0.253 e. The molecule has 2 saturated heterocycles. The molecule has 0 aromatic carbocycles. The summed E-state index contributed by atoms with van der Waals surface area (Å²) in [6, 6.07) is 0.388. The molecule has 17 heavy (non-hydrogen) atoms. The lowest BCUT2D eigenvalue weighted by Crippen LogP contribution is -2.56. The number of nitrogens with zero attached hydrogens (tertiary/aromatic N) is 1. The van der Waals surface area contributed by atoms with Crippen LogP contribution in [-0.4, -0.2) is 62.3 Å². The largest absolute Gasteiger partial charge is 0.366 e. The molecule has 1 amide bonds. The standard InChI is InChI=1S/C10H19N3O2.2ClH/c1-8-7-13(4-2-12-8)10(14)9-6-11-3-5-15-9;;/h8-9,11-12H,2-7H2,1H3;2*1H/t8-,9-;;/m1../s1. The zero-order valence-corrected chi connectivity index (χ0v) is 11.6. The quantitative estimate of drug-likeness (QED) is 0.691. The zero-order chi connectivity index (χ0) is 10.7. The molecule has 2 atom stereocenters. The van der Waals surface area contributed by atoms with Crippen LogP contribution in [0.5, 0.6) is 0 Å². The van der Waals surface area contributed by atoms with Gasteiger partial charge in [0.1, 0.15) is 6.10 Å². The Morgan fingerprint density at radius 2 is 2.12 bits per heavy atom. The first kappa shape index (κ1) is 16.9. The smallest absolute Gasteiger partial charge is 0.253 e. The van der Waals surface area contributed by atoms with Gasteiger partial charge in [0.2, 0.25) is 0 Å². The Labute approximate surface area is 114 Å². The average molecular weight is 286 g/mol. The summed E-state index contributed by atoms with van der Waals surface area (Å²) in [5.41, 5.74) is 0. The van der Waals surface area contributed by atoms with Crippen molar-refractivity contribution in [2.75, 3.05) is 39.3 Å². The lowest BCUT2D eigenvalue weighted by atomic mass is 10.2. The number of carbonyl (C=O) groups is 1. The van der Waals surface area contributed by atoms with Gasteiger partial charge in [-0.3, -0.25) is 4.79 Å². The third-order valence-electron chi connectivity index (χ3n) is 2.88. The van der Waals surface area contributed by atoms with E-state index in [2.05, 4.69) is 17.6 Å². The predicted octanol–water partition coefficient (Wildman–Crippen LogP) is -0.361. The minimum atomic E-state index is -0.274. The Hall–Kier alpha value is -0.0700. The normalized spacial score (nSPS) is 28.9. The van der Waals surface area contributed by atoms with Gasteiger partial charge in [0, 0.05) is 38.8 Å². The predicted molar refractivity (Wildman–Crippen MR) is 71.2 cm³/mol. The first-order valence-corrected chi connectivity index (χ1v) is 5.62. The van der Waals surface area contributed by atoms with Crippen LogP contribution in [0, 0.1) is 0 Å². The third-order valence-corrected chi connectivity index (χ3v) is 2.88. The fraction of sp³-hybridized carbons (Fsp3) is 0.900. The summed E-state index contributed by atoms with van der Waals surface area (Å²) in [4.78, 5) is 13.9. The molecule has 2 fully saturated rings. The number of carbonyl (C=O) groups excluding carboxylic acids is 1. The maximum absolute atomic E-state index is 12.0. The molecule has 2 rings (SSSR count). The van der Waals surface area contributed by atoms with Gasteiger partial charge in [-0.1, -0.05) is 0 Å². The van der Waals surface area contributed by atoms with Crippen LogP contribution in [0.4, 0.5) is 0 Å². The molecule has 102 valence electrons. The molecule has 0 aromatic heterocycles. The third kappa shape index (κ3) is 4.60. The Kier molecular flexibility index (Phi) is 8.07. The van der Waals surface area contributed by atoms with Gasteiger partial charge in [0.15, 0.2) is 0 Å². The molecular weight excluding hydrogens is 265 g/mol. The van der Waals surface area contributed by atoms with Gasteiger partial charge in [0.25, 0.3) is 5.91 Å². The lowest BCUT2D eigenvalue weighted by Gasteiger charge is -2.35. The monoisotopic (exact) mass is 285 g/mol. The van der Waals surface area contributed by atoms with Gasteiger partial charge in [-0.2, -0.15) is 0 Å². The van der Waals surface area contributed by atoms with Crippen molar-refractivity contribution in [1.82, 2.24) is 15.5 Å². The van der Waals surface area contributed by atoms with Crippen LogP contribution in [0.3, 0.4) is 0 Å². The van der Waals surface area contributed by atoms with E-state index in [1.165, 1.54) is 0 Å².